The van der Waals surface area contributed by atoms with Crippen molar-refractivity contribution >= 4 is 63.6 Å². The molecule has 0 atom stereocenters. The predicted octanol–water partition coefficient (Wildman–Crippen LogP) is 9.94. The lowest BCUT2D eigenvalue weighted by atomic mass is 10.1. The molecule has 4 N–H and O–H groups in total. The first kappa shape index (κ1) is 39.5. The molecule has 292 valence electrons. The van der Waals surface area contributed by atoms with Crippen LogP contribution in [0.2, 0.25) is 10.0 Å². The Bertz CT molecular complexity index is 2430. The summed E-state index contributed by atoms with van der Waals surface area (Å²) >= 11 is 12.1. The first-order valence-electron chi connectivity index (χ1n) is 18.7. The van der Waals surface area contributed by atoms with Gasteiger partial charge >= 0.3 is 6.03 Å². The maximum absolute atomic E-state index is 12.3. The van der Waals surface area contributed by atoms with Crippen molar-refractivity contribution in [2.45, 2.75) is 25.7 Å². The largest absolute Gasteiger partial charge is 0.384 e. The zero-order valence-electron chi connectivity index (χ0n) is 31.4. The fraction of sp³-hybridized carbons (Fsp3) is 0.163. The van der Waals surface area contributed by atoms with Gasteiger partial charge in [0.25, 0.3) is 0 Å². The number of anilines is 6. The second-order valence-electron chi connectivity index (χ2n) is 13.3. The fourth-order valence-corrected chi connectivity index (χ4v) is 6.46. The normalized spacial score (nSPS) is 11.9. The van der Waals surface area contributed by atoms with Crippen LogP contribution in [0.3, 0.4) is 0 Å². The van der Waals surface area contributed by atoms with Gasteiger partial charge in [-0.2, -0.15) is 0 Å². The summed E-state index contributed by atoms with van der Waals surface area (Å²) in [5.74, 6) is 1.23. The number of carbonyl (C=O) groups is 1. The summed E-state index contributed by atoms with van der Waals surface area (Å²) in [6.07, 6.45) is 21.4. The van der Waals surface area contributed by atoms with Gasteiger partial charge in [-0.05, 0) is 85.8 Å². The van der Waals surface area contributed by atoms with Crippen LogP contribution < -0.4 is 21.3 Å². The average molecular weight is 812 g/mol. The van der Waals surface area contributed by atoms with Crippen molar-refractivity contribution in [2.24, 2.45) is 0 Å². The van der Waals surface area contributed by atoms with Crippen molar-refractivity contribution in [2.75, 3.05) is 40.9 Å². The van der Waals surface area contributed by atoms with E-state index in [2.05, 4.69) is 62.2 Å². The highest BCUT2D eigenvalue weighted by molar-refractivity contribution is 6.31. The third-order valence-corrected chi connectivity index (χ3v) is 9.34. The molecule has 13 nitrogen and oxygen atoms in total. The summed E-state index contributed by atoms with van der Waals surface area (Å²) in [4.78, 5) is 44.6. The van der Waals surface area contributed by atoms with E-state index in [-0.39, 0.29) is 6.03 Å². The molecule has 8 rings (SSSR count). The number of hydrogen-bond donors (Lipinski definition) is 4. The lowest BCUT2D eigenvalue weighted by Gasteiger charge is -2.16. The van der Waals surface area contributed by atoms with E-state index in [9.17, 15) is 4.79 Å². The minimum atomic E-state index is -0.0982. The van der Waals surface area contributed by atoms with E-state index >= 15 is 0 Å². The number of rotatable bonds is 12. The number of halogens is 2. The maximum Gasteiger partial charge on any atom is 0.321 e. The Kier molecular flexibility index (Phi) is 13.6. The lowest BCUT2D eigenvalue weighted by Crippen LogP contribution is -2.32. The molecule has 0 spiro atoms. The van der Waals surface area contributed by atoms with Crippen LogP contribution in [0.1, 0.15) is 24.8 Å². The van der Waals surface area contributed by atoms with Crippen LogP contribution in [-0.2, 0) is 6.42 Å². The Morgan fingerprint density at radius 3 is 1.78 bits per heavy atom. The molecule has 7 aromatic rings. The first-order valence-corrected chi connectivity index (χ1v) is 19.5. The number of hydrogen-bond acceptors (Lipinski definition) is 11. The topological polar surface area (TPSA) is 159 Å². The number of urea groups is 1. The minimum absolute atomic E-state index is 0.0982. The van der Waals surface area contributed by atoms with Gasteiger partial charge < -0.3 is 26.2 Å². The number of benzene rings is 2. The Morgan fingerprint density at radius 1 is 0.603 bits per heavy atom. The van der Waals surface area contributed by atoms with Crippen molar-refractivity contribution in [3.8, 4) is 22.5 Å². The Labute approximate surface area is 346 Å². The SMILES string of the molecule is Clc1cccc(Nc2cncc(-c3cncc(NCCCc4cccnc4)c3)n2)c1.O=C(Nc1cncc(-c2cncc(Nc3cccc(Cl)c3)n2)c1)N1CCCC1. The summed E-state index contributed by atoms with van der Waals surface area (Å²) in [5.41, 5.74) is 7.56. The lowest BCUT2D eigenvalue weighted by molar-refractivity contribution is 0.222. The molecular weight excluding hydrogens is 771 g/mol. The number of aromatic nitrogens is 7. The summed E-state index contributed by atoms with van der Waals surface area (Å²) in [5, 5.41) is 14.0. The number of likely N-dealkylation sites (tertiary alicyclic amines) is 1. The van der Waals surface area contributed by atoms with Gasteiger partial charge in [0.15, 0.2) is 0 Å². The molecule has 0 aliphatic carbocycles. The standard InChI is InChI=1S/C23H21ClN6.C20H19ClN6O/c24-19-6-1-7-20(11-19)29-23-16-27-15-22(30-23)18-10-21(14-26-13-18)28-9-3-5-17-4-2-8-25-12-17;21-15-4-3-5-16(9-15)24-19-13-23-12-18(26-19)14-8-17(11-22-10-14)25-20(28)27-6-1-2-7-27/h1-2,4,6-8,10-16,28H,3,5,9H2,(H,29,30);3-5,8-13H,1-2,6-7H2,(H,24,26)(H,25,28). The fourth-order valence-electron chi connectivity index (χ4n) is 6.08. The average Bonchev–Trinajstić information content (AvgIpc) is 3.80. The smallest absolute Gasteiger partial charge is 0.321 e. The molecule has 0 saturated carbocycles. The third-order valence-electron chi connectivity index (χ3n) is 8.87. The van der Waals surface area contributed by atoms with Gasteiger partial charge in [0.05, 0.1) is 53.7 Å². The molecule has 1 aliphatic rings. The van der Waals surface area contributed by atoms with E-state index in [1.54, 1.807) is 49.6 Å². The first-order chi connectivity index (χ1) is 28.4. The second kappa shape index (κ2) is 19.9. The van der Waals surface area contributed by atoms with Crippen LogP contribution in [0, 0.1) is 0 Å². The van der Waals surface area contributed by atoms with Crippen LogP contribution in [-0.4, -0.2) is 65.5 Å². The van der Waals surface area contributed by atoms with Crippen LogP contribution in [0.4, 0.5) is 39.2 Å². The molecule has 6 heterocycles. The molecule has 0 bridgehead atoms. The summed E-state index contributed by atoms with van der Waals surface area (Å²) in [7, 11) is 0. The second-order valence-corrected chi connectivity index (χ2v) is 14.2. The predicted molar refractivity (Wildman–Crippen MR) is 231 cm³/mol. The molecule has 1 aliphatic heterocycles. The van der Waals surface area contributed by atoms with Crippen molar-refractivity contribution in [3.05, 3.63) is 150 Å². The van der Waals surface area contributed by atoms with E-state index in [0.29, 0.717) is 33.1 Å². The molecule has 2 aromatic carbocycles. The van der Waals surface area contributed by atoms with Gasteiger partial charge in [0, 0.05) is 83.2 Å². The molecular formula is C43H40Cl2N12O. The molecule has 5 aromatic heterocycles. The van der Waals surface area contributed by atoms with Crippen LogP contribution in [0.5, 0.6) is 0 Å². The van der Waals surface area contributed by atoms with Gasteiger partial charge in [-0.3, -0.25) is 24.9 Å². The highest BCUT2D eigenvalue weighted by Gasteiger charge is 2.18. The van der Waals surface area contributed by atoms with Gasteiger partial charge in [0.2, 0.25) is 0 Å². The molecule has 0 unspecified atom stereocenters. The van der Waals surface area contributed by atoms with Crippen molar-refractivity contribution < 1.29 is 4.79 Å². The zero-order valence-corrected chi connectivity index (χ0v) is 32.9. The van der Waals surface area contributed by atoms with E-state index in [4.69, 9.17) is 23.2 Å². The third kappa shape index (κ3) is 11.7. The van der Waals surface area contributed by atoms with Gasteiger partial charge in [0.1, 0.15) is 11.6 Å². The maximum atomic E-state index is 12.3. The number of amides is 2. The molecule has 15 heteroatoms. The summed E-state index contributed by atoms with van der Waals surface area (Å²) in [6.45, 7) is 2.44. The minimum Gasteiger partial charge on any atom is -0.384 e. The van der Waals surface area contributed by atoms with Gasteiger partial charge in [-0.1, -0.05) is 41.4 Å². The molecule has 1 fully saturated rings. The summed E-state index contributed by atoms with van der Waals surface area (Å²) < 4.78 is 0. The Balaban J connectivity index is 0.000000177. The number of pyridine rings is 3. The summed E-state index contributed by atoms with van der Waals surface area (Å²) in [6, 6.07) is 22.7. The monoisotopic (exact) mass is 810 g/mol. The van der Waals surface area contributed by atoms with Gasteiger partial charge in [-0.25, -0.2) is 14.8 Å². The van der Waals surface area contributed by atoms with Crippen LogP contribution in [0.25, 0.3) is 22.5 Å². The van der Waals surface area contributed by atoms with Crippen molar-refractivity contribution in [1.29, 1.82) is 0 Å². The molecule has 1 saturated heterocycles. The quantitative estimate of drug-likeness (QED) is 0.0871. The van der Waals surface area contributed by atoms with E-state index in [1.807, 2.05) is 84.0 Å². The Hall–Kier alpha value is -6.70. The van der Waals surface area contributed by atoms with E-state index in [1.165, 1.54) is 5.56 Å². The molecule has 2 amide bonds. The van der Waals surface area contributed by atoms with Gasteiger partial charge in [-0.15, -0.1) is 0 Å². The zero-order chi connectivity index (χ0) is 39.9. The Morgan fingerprint density at radius 2 is 1.19 bits per heavy atom. The van der Waals surface area contributed by atoms with Crippen molar-refractivity contribution in [1.82, 2.24) is 39.8 Å². The van der Waals surface area contributed by atoms with Crippen molar-refractivity contribution in [3.63, 3.8) is 0 Å². The highest BCUT2D eigenvalue weighted by atomic mass is 35.5. The highest BCUT2D eigenvalue weighted by Crippen LogP contribution is 2.25. The number of aryl methyl sites for hydroxylation is 1. The number of nitrogens with one attached hydrogen (secondary N) is 4. The number of nitrogens with zero attached hydrogens (tertiary/aromatic N) is 8. The molecule has 0 radical (unpaired) electrons. The number of carbonyl (C=O) groups excluding carboxylic acids is 1. The van der Waals surface area contributed by atoms with E-state index in [0.717, 1.165) is 79.2 Å². The van der Waals surface area contributed by atoms with Crippen LogP contribution >= 0.6 is 23.2 Å². The van der Waals surface area contributed by atoms with Crippen LogP contribution in [0.15, 0.2) is 135 Å². The molecule has 58 heavy (non-hydrogen) atoms. The van der Waals surface area contributed by atoms with E-state index < -0.39 is 0 Å².